The number of imide groups is 1. The second kappa shape index (κ2) is 6.31. The average molecular weight is 346 g/mol. The van der Waals surface area contributed by atoms with Crippen LogP contribution in [0.3, 0.4) is 0 Å². The van der Waals surface area contributed by atoms with Crippen LogP contribution in [0.2, 0.25) is 0 Å². The summed E-state index contributed by atoms with van der Waals surface area (Å²) in [6, 6.07) is 2.08. The van der Waals surface area contributed by atoms with Gasteiger partial charge in [0.2, 0.25) is 17.7 Å². The quantitative estimate of drug-likeness (QED) is 0.789. The molecule has 2 aliphatic heterocycles. The van der Waals surface area contributed by atoms with Crippen molar-refractivity contribution in [1.29, 1.82) is 0 Å². The van der Waals surface area contributed by atoms with E-state index in [4.69, 9.17) is 0 Å². The maximum absolute atomic E-state index is 12.5. The Morgan fingerprint density at radius 3 is 2.58 bits per heavy atom. The fourth-order valence-corrected chi connectivity index (χ4v) is 5.17. The molecule has 4 rings (SSSR count). The summed E-state index contributed by atoms with van der Waals surface area (Å²) in [6.45, 7) is 1.64. The van der Waals surface area contributed by atoms with Gasteiger partial charge in [0.25, 0.3) is 0 Å². The van der Waals surface area contributed by atoms with E-state index in [2.05, 4.69) is 11.4 Å². The highest BCUT2D eigenvalue weighted by atomic mass is 32.1. The first kappa shape index (κ1) is 15.8. The number of thiophene rings is 1. The van der Waals surface area contributed by atoms with E-state index in [1.807, 2.05) is 4.90 Å². The number of likely N-dealkylation sites (tertiary alicyclic amines) is 1. The molecule has 0 radical (unpaired) electrons. The van der Waals surface area contributed by atoms with Crippen LogP contribution in [0.1, 0.15) is 42.5 Å². The Morgan fingerprint density at radius 2 is 1.88 bits per heavy atom. The Bertz CT molecular complexity index is 660. The number of rotatable bonds is 3. The predicted molar refractivity (Wildman–Crippen MR) is 90.2 cm³/mol. The molecule has 2 fully saturated rings. The summed E-state index contributed by atoms with van der Waals surface area (Å²) < 4.78 is 0. The van der Waals surface area contributed by atoms with Crippen LogP contribution in [0.5, 0.6) is 0 Å². The largest absolute Gasteiger partial charge is 0.338 e. The summed E-state index contributed by atoms with van der Waals surface area (Å²) >= 11 is 1.75. The monoisotopic (exact) mass is 346 g/mol. The van der Waals surface area contributed by atoms with Gasteiger partial charge < -0.3 is 4.90 Å². The Balaban J connectivity index is 1.36. The van der Waals surface area contributed by atoms with Gasteiger partial charge in [-0.1, -0.05) is 12.8 Å². The predicted octanol–water partition coefficient (Wildman–Crippen LogP) is 2.20. The summed E-state index contributed by atoms with van der Waals surface area (Å²) in [4.78, 5) is 42.0. The van der Waals surface area contributed by atoms with Gasteiger partial charge >= 0.3 is 0 Å². The first-order valence-corrected chi connectivity index (χ1v) is 9.71. The third-order valence-corrected chi connectivity index (χ3v) is 6.67. The Hall–Kier alpha value is -1.69. The molecule has 0 unspecified atom stereocenters. The van der Waals surface area contributed by atoms with E-state index < -0.39 is 0 Å². The molecule has 1 aromatic heterocycles. The maximum Gasteiger partial charge on any atom is 0.233 e. The lowest BCUT2D eigenvalue weighted by Crippen LogP contribution is -2.39. The molecule has 3 heterocycles. The van der Waals surface area contributed by atoms with Gasteiger partial charge in [0.15, 0.2) is 0 Å². The van der Waals surface area contributed by atoms with Gasteiger partial charge in [0, 0.05) is 30.9 Å². The van der Waals surface area contributed by atoms with Crippen molar-refractivity contribution in [3.8, 4) is 0 Å². The average Bonchev–Trinajstić information content (AvgIpc) is 3.17. The van der Waals surface area contributed by atoms with Gasteiger partial charge in [-0.25, -0.2) is 0 Å². The van der Waals surface area contributed by atoms with E-state index in [0.717, 1.165) is 38.6 Å². The molecular formula is C18H22N2O3S. The van der Waals surface area contributed by atoms with Gasteiger partial charge in [0.1, 0.15) is 0 Å². The topological polar surface area (TPSA) is 57.7 Å². The van der Waals surface area contributed by atoms with E-state index in [9.17, 15) is 14.4 Å². The minimum atomic E-state index is -0.121. The highest BCUT2D eigenvalue weighted by Gasteiger charge is 2.47. The summed E-state index contributed by atoms with van der Waals surface area (Å²) in [5, 5.41) is 2.07. The third kappa shape index (κ3) is 2.66. The van der Waals surface area contributed by atoms with Crippen LogP contribution < -0.4 is 0 Å². The van der Waals surface area contributed by atoms with Gasteiger partial charge in [-0.15, -0.1) is 11.3 Å². The molecule has 24 heavy (non-hydrogen) atoms. The van der Waals surface area contributed by atoms with E-state index in [1.54, 1.807) is 11.3 Å². The maximum atomic E-state index is 12.5. The minimum absolute atomic E-state index is 0.0438. The van der Waals surface area contributed by atoms with Gasteiger partial charge in [-0.3, -0.25) is 19.3 Å². The number of nitrogens with zero attached hydrogens (tertiary/aromatic N) is 2. The molecule has 1 saturated heterocycles. The van der Waals surface area contributed by atoms with Crippen molar-refractivity contribution in [2.75, 3.05) is 13.1 Å². The number of amides is 3. The SMILES string of the molecule is O=C(CCN1C(=O)[C@H]2CCCC[C@@H]2C1=O)N1CCc2sccc2C1. The fourth-order valence-electron chi connectivity index (χ4n) is 4.28. The molecular weight excluding hydrogens is 324 g/mol. The van der Waals surface area contributed by atoms with E-state index in [-0.39, 0.29) is 42.5 Å². The Morgan fingerprint density at radius 1 is 1.17 bits per heavy atom. The van der Waals surface area contributed by atoms with Gasteiger partial charge in [0.05, 0.1) is 11.8 Å². The van der Waals surface area contributed by atoms with Crippen molar-refractivity contribution >= 4 is 29.1 Å². The molecule has 0 N–H and O–H groups in total. The van der Waals surface area contributed by atoms with Crippen molar-refractivity contribution in [3.63, 3.8) is 0 Å². The normalized spacial score (nSPS) is 26.5. The van der Waals surface area contributed by atoms with Gasteiger partial charge in [-0.05, 0) is 36.3 Å². The van der Waals surface area contributed by atoms with Crippen LogP contribution in [0, 0.1) is 11.8 Å². The van der Waals surface area contributed by atoms with Crippen LogP contribution in [-0.4, -0.2) is 40.6 Å². The first-order valence-electron chi connectivity index (χ1n) is 8.83. The summed E-state index contributed by atoms with van der Waals surface area (Å²) in [6.07, 6.45) is 4.87. The molecule has 0 spiro atoms. The Kier molecular flexibility index (Phi) is 4.16. The zero-order chi connectivity index (χ0) is 16.7. The lowest BCUT2D eigenvalue weighted by atomic mass is 9.81. The number of fused-ring (bicyclic) bond motifs is 2. The third-order valence-electron chi connectivity index (χ3n) is 5.64. The van der Waals surface area contributed by atoms with Gasteiger partial charge in [-0.2, -0.15) is 0 Å². The van der Waals surface area contributed by atoms with Crippen molar-refractivity contribution in [2.24, 2.45) is 11.8 Å². The molecule has 5 nitrogen and oxygen atoms in total. The second-order valence-electron chi connectivity index (χ2n) is 7.01. The molecule has 3 amide bonds. The highest BCUT2D eigenvalue weighted by molar-refractivity contribution is 7.10. The number of hydrogen-bond acceptors (Lipinski definition) is 4. The minimum Gasteiger partial charge on any atom is -0.338 e. The standard InChI is InChI=1S/C18H22N2O3S/c21-16(19-8-5-15-12(11-19)7-10-24-15)6-9-20-17(22)13-3-1-2-4-14(13)18(20)23/h7,10,13-14H,1-6,8-9,11H2/t13-,14-/m0/s1. The summed E-state index contributed by atoms with van der Waals surface area (Å²) in [5.41, 5.74) is 1.24. The van der Waals surface area contributed by atoms with E-state index in [1.165, 1.54) is 15.3 Å². The number of carbonyl (C=O) groups is 3. The molecule has 3 aliphatic rings. The van der Waals surface area contributed by atoms with Crippen LogP contribution in [0.15, 0.2) is 11.4 Å². The Labute approximate surface area is 145 Å². The molecule has 0 aromatic carbocycles. The summed E-state index contributed by atoms with van der Waals surface area (Å²) in [7, 11) is 0. The van der Waals surface area contributed by atoms with E-state index >= 15 is 0 Å². The number of carbonyl (C=O) groups excluding carboxylic acids is 3. The van der Waals surface area contributed by atoms with Crippen LogP contribution in [-0.2, 0) is 27.3 Å². The lowest BCUT2D eigenvalue weighted by Gasteiger charge is -2.27. The van der Waals surface area contributed by atoms with Crippen LogP contribution in [0.25, 0.3) is 0 Å². The molecule has 1 aliphatic carbocycles. The zero-order valence-corrected chi connectivity index (χ0v) is 14.5. The second-order valence-corrected chi connectivity index (χ2v) is 8.01. The molecule has 0 bridgehead atoms. The van der Waals surface area contributed by atoms with Crippen LogP contribution in [0.4, 0.5) is 0 Å². The molecule has 128 valence electrons. The van der Waals surface area contributed by atoms with Crippen molar-refractivity contribution in [2.45, 2.75) is 45.1 Å². The molecule has 2 atom stereocenters. The van der Waals surface area contributed by atoms with Crippen molar-refractivity contribution in [3.05, 3.63) is 21.9 Å². The van der Waals surface area contributed by atoms with Crippen molar-refractivity contribution in [1.82, 2.24) is 9.80 Å². The first-order chi connectivity index (χ1) is 11.6. The molecule has 1 aromatic rings. The zero-order valence-electron chi connectivity index (χ0n) is 13.7. The van der Waals surface area contributed by atoms with E-state index in [0.29, 0.717) is 6.54 Å². The summed E-state index contributed by atoms with van der Waals surface area (Å²) in [5.74, 6) is -0.288. The lowest BCUT2D eigenvalue weighted by molar-refractivity contribution is -0.141. The highest BCUT2D eigenvalue weighted by Crippen LogP contribution is 2.38. The smallest absolute Gasteiger partial charge is 0.233 e. The van der Waals surface area contributed by atoms with Crippen molar-refractivity contribution < 1.29 is 14.4 Å². The van der Waals surface area contributed by atoms with Crippen LogP contribution >= 0.6 is 11.3 Å². The molecule has 1 saturated carbocycles. The molecule has 6 heteroatoms. The number of hydrogen-bond donors (Lipinski definition) is 0. The fraction of sp³-hybridized carbons (Fsp3) is 0.611.